The van der Waals surface area contributed by atoms with Gasteiger partial charge >= 0.3 is 0 Å². The normalized spacial score (nSPS) is 30.2. The van der Waals surface area contributed by atoms with Crippen LogP contribution in [0.3, 0.4) is 0 Å². The SMILES string of the molecule is C#CC12CC(O)C(/C=C/C(O)CCc3ccco3)C1CC(CCCC(=O)S)=N2. The number of aliphatic imine (C=N–C) groups is 1. The number of aliphatic hydroxyl groups is 2. The second-order valence-corrected chi connectivity index (χ2v) is 8.22. The highest BCUT2D eigenvalue weighted by Gasteiger charge is 2.54. The maximum absolute atomic E-state index is 11.0. The fourth-order valence-electron chi connectivity index (χ4n) is 4.37. The predicted octanol–water partition coefficient (Wildman–Crippen LogP) is 2.97. The first-order chi connectivity index (χ1) is 13.4. The van der Waals surface area contributed by atoms with E-state index in [9.17, 15) is 15.0 Å². The number of thiol groups is 1. The molecule has 2 heterocycles. The summed E-state index contributed by atoms with van der Waals surface area (Å²) in [6.45, 7) is 0. The Morgan fingerprint density at radius 2 is 2.36 bits per heavy atom. The molecular weight excluding hydrogens is 374 g/mol. The summed E-state index contributed by atoms with van der Waals surface area (Å²) in [7, 11) is 0. The van der Waals surface area contributed by atoms with Crippen LogP contribution in [-0.4, -0.2) is 38.8 Å². The molecule has 1 aromatic heterocycles. The van der Waals surface area contributed by atoms with Crippen LogP contribution in [0.2, 0.25) is 0 Å². The summed E-state index contributed by atoms with van der Waals surface area (Å²) in [5, 5.41) is 20.7. The van der Waals surface area contributed by atoms with E-state index in [0.29, 0.717) is 32.1 Å². The molecule has 0 radical (unpaired) electrons. The number of aliphatic hydroxyl groups excluding tert-OH is 2. The Morgan fingerprint density at radius 3 is 3.04 bits per heavy atom. The summed E-state index contributed by atoms with van der Waals surface area (Å²) >= 11 is 3.80. The lowest BCUT2D eigenvalue weighted by Gasteiger charge is -2.22. The second-order valence-electron chi connectivity index (χ2n) is 7.72. The van der Waals surface area contributed by atoms with E-state index >= 15 is 0 Å². The van der Waals surface area contributed by atoms with Crippen molar-refractivity contribution < 1.29 is 19.4 Å². The third-order valence-electron chi connectivity index (χ3n) is 5.78. The van der Waals surface area contributed by atoms with Crippen molar-refractivity contribution in [3.8, 4) is 12.3 Å². The van der Waals surface area contributed by atoms with Crippen molar-refractivity contribution in [2.45, 2.75) is 62.7 Å². The average Bonchev–Trinajstić information content (AvgIpc) is 3.33. The Kier molecular flexibility index (Phi) is 6.82. The molecule has 1 aliphatic carbocycles. The number of hydrogen-bond acceptors (Lipinski definition) is 5. The van der Waals surface area contributed by atoms with Crippen LogP contribution < -0.4 is 0 Å². The van der Waals surface area contributed by atoms with Crippen LogP contribution in [-0.2, 0) is 11.2 Å². The van der Waals surface area contributed by atoms with Crippen LogP contribution in [0.4, 0.5) is 0 Å². The zero-order chi connectivity index (χ0) is 20.1. The van der Waals surface area contributed by atoms with Gasteiger partial charge in [0.2, 0.25) is 0 Å². The number of terminal acetylenes is 1. The second kappa shape index (κ2) is 9.13. The number of carbonyl (C=O) groups is 1. The van der Waals surface area contributed by atoms with E-state index in [4.69, 9.17) is 15.8 Å². The molecular formula is C22H27NO4S. The van der Waals surface area contributed by atoms with E-state index in [0.717, 1.165) is 24.3 Å². The van der Waals surface area contributed by atoms with Gasteiger partial charge in [-0.05, 0) is 37.8 Å². The Morgan fingerprint density at radius 1 is 1.54 bits per heavy atom. The van der Waals surface area contributed by atoms with Gasteiger partial charge in [-0.15, -0.1) is 19.1 Å². The first-order valence-electron chi connectivity index (χ1n) is 9.77. The number of rotatable bonds is 9. The van der Waals surface area contributed by atoms with Crippen molar-refractivity contribution in [3.63, 3.8) is 0 Å². The molecule has 1 aromatic rings. The highest BCUT2D eigenvalue weighted by molar-refractivity contribution is 7.96. The van der Waals surface area contributed by atoms with Crippen LogP contribution in [0.25, 0.3) is 0 Å². The molecule has 0 amide bonds. The fourth-order valence-corrected chi connectivity index (χ4v) is 4.53. The third kappa shape index (κ3) is 4.78. The zero-order valence-electron chi connectivity index (χ0n) is 15.8. The Balaban J connectivity index is 1.60. The molecule has 0 saturated heterocycles. The molecule has 5 nitrogen and oxygen atoms in total. The number of hydrogen-bond donors (Lipinski definition) is 3. The molecule has 2 N–H and O–H groups in total. The quantitative estimate of drug-likeness (QED) is 0.337. The first kappa shape index (κ1) is 20.9. The maximum atomic E-state index is 11.0. The molecule has 150 valence electrons. The van der Waals surface area contributed by atoms with Crippen LogP contribution in [0.1, 0.15) is 44.3 Å². The minimum Gasteiger partial charge on any atom is -0.469 e. The minimum absolute atomic E-state index is 0.0303. The number of carbonyl (C=O) groups excluding carboxylic acids is 1. The number of nitrogens with zero attached hydrogens (tertiary/aromatic N) is 1. The van der Waals surface area contributed by atoms with Crippen LogP contribution in [0, 0.1) is 24.2 Å². The average molecular weight is 402 g/mol. The fraction of sp³-hybridized carbons (Fsp3) is 0.545. The van der Waals surface area contributed by atoms with Gasteiger partial charge in [-0.1, -0.05) is 18.1 Å². The van der Waals surface area contributed by atoms with E-state index in [1.54, 1.807) is 12.3 Å². The van der Waals surface area contributed by atoms with Gasteiger partial charge in [-0.3, -0.25) is 9.79 Å². The lowest BCUT2D eigenvalue weighted by Crippen LogP contribution is -2.27. The highest BCUT2D eigenvalue weighted by atomic mass is 32.1. The lowest BCUT2D eigenvalue weighted by molar-refractivity contribution is -0.110. The van der Waals surface area contributed by atoms with E-state index < -0.39 is 17.7 Å². The molecule has 0 aromatic carbocycles. The summed E-state index contributed by atoms with van der Waals surface area (Å²) in [5.74, 6) is 3.56. The van der Waals surface area contributed by atoms with Crippen LogP contribution >= 0.6 is 12.6 Å². The summed E-state index contributed by atoms with van der Waals surface area (Å²) in [6.07, 6.45) is 14.1. The van der Waals surface area contributed by atoms with Crippen LogP contribution in [0.5, 0.6) is 0 Å². The van der Waals surface area contributed by atoms with Crippen molar-refractivity contribution >= 4 is 23.5 Å². The smallest absolute Gasteiger partial charge is 0.185 e. The van der Waals surface area contributed by atoms with Crippen molar-refractivity contribution in [1.82, 2.24) is 0 Å². The highest BCUT2D eigenvalue weighted by Crippen LogP contribution is 2.49. The van der Waals surface area contributed by atoms with E-state index in [1.165, 1.54) is 0 Å². The molecule has 28 heavy (non-hydrogen) atoms. The van der Waals surface area contributed by atoms with Crippen molar-refractivity contribution in [1.29, 1.82) is 0 Å². The largest absolute Gasteiger partial charge is 0.469 e. The van der Waals surface area contributed by atoms with Gasteiger partial charge in [0, 0.05) is 36.8 Å². The summed E-state index contributed by atoms with van der Waals surface area (Å²) in [4.78, 5) is 15.8. The summed E-state index contributed by atoms with van der Waals surface area (Å²) in [6, 6.07) is 3.72. The summed E-state index contributed by atoms with van der Waals surface area (Å²) in [5.41, 5.74) is 0.342. The molecule has 5 atom stereocenters. The van der Waals surface area contributed by atoms with E-state index in [-0.39, 0.29) is 17.0 Å². The van der Waals surface area contributed by atoms with Gasteiger partial charge in [-0.2, -0.15) is 0 Å². The van der Waals surface area contributed by atoms with Crippen molar-refractivity contribution in [3.05, 3.63) is 36.3 Å². The number of aryl methyl sites for hydroxylation is 1. The van der Waals surface area contributed by atoms with Gasteiger partial charge in [0.1, 0.15) is 11.3 Å². The topological polar surface area (TPSA) is 83.0 Å². The Hall–Kier alpha value is -1.81. The van der Waals surface area contributed by atoms with Gasteiger partial charge in [0.05, 0.1) is 18.5 Å². The molecule has 1 aliphatic heterocycles. The first-order valence-corrected chi connectivity index (χ1v) is 10.2. The molecule has 5 unspecified atom stereocenters. The molecule has 1 fully saturated rings. The van der Waals surface area contributed by atoms with E-state index in [2.05, 4.69) is 18.5 Å². The van der Waals surface area contributed by atoms with Gasteiger partial charge in [-0.25, -0.2) is 0 Å². The van der Waals surface area contributed by atoms with Gasteiger partial charge in [0.15, 0.2) is 5.12 Å². The molecule has 6 heteroatoms. The predicted molar refractivity (Wildman–Crippen MR) is 111 cm³/mol. The molecule has 2 aliphatic rings. The molecule has 3 rings (SSSR count). The lowest BCUT2D eigenvalue weighted by atomic mass is 9.82. The van der Waals surface area contributed by atoms with Crippen molar-refractivity contribution in [2.75, 3.05) is 0 Å². The van der Waals surface area contributed by atoms with Gasteiger partial charge in [0.25, 0.3) is 0 Å². The van der Waals surface area contributed by atoms with E-state index in [1.807, 2.05) is 18.2 Å². The maximum Gasteiger partial charge on any atom is 0.185 e. The zero-order valence-corrected chi connectivity index (χ0v) is 16.7. The molecule has 0 spiro atoms. The Labute approximate surface area is 171 Å². The molecule has 0 bridgehead atoms. The standard InChI is InChI=1S/C22H27NO4S/c1-2-22-14-20(25)18(11-9-16(24)8-10-17-6-4-12-27-17)19(22)13-15(23-22)5-3-7-21(26)28/h1,4,6,9,11-12,16,18-20,24-25H,3,5,7-8,10,13-14H2,(H,26,28)/b11-9+. The third-order valence-corrected chi connectivity index (χ3v) is 6.01. The van der Waals surface area contributed by atoms with Crippen molar-refractivity contribution in [2.24, 2.45) is 16.8 Å². The molecule has 1 saturated carbocycles. The number of furan rings is 1. The number of fused-ring (bicyclic) bond motifs is 1. The van der Waals surface area contributed by atoms with Gasteiger partial charge < -0.3 is 14.6 Å². The Bertz CT molecular complexity index is 779. The van der Waals surface area contributed by atoms with Crippen LogP contribution in [0.15, 0.2) is 40.0 Å². The monoisotopic (exact) mass is 401 g/mol. The minimum atomic E-state index is -0.673. The summed E-state index contributed by atoms with van der Waals surface area (Å²) < 4.78 is 5.28.